The fourth-order valence-electron chi connectivity index (χ4n) is 1.43. The Labute approximate surface area is 84.9 Å². The first-order valence-electron chi connectivity index (χ1n) is 4.97. The zero-order chi connectivity index (χ0) is 10.7. The lowest BCUT2D eigenvalue weighted by Crippen LogP contribution is -2.09. The third-order valence-electron chi connectivity index (χ3n) is 1.95. The maximum atomic E-state index is 13.5. The molecule has 0 radical (unpaired) electrons. The molecular weight excluding hydrogens is 179 g/mol. The van der Waals surface area contributed by atoms with Gasteiger partial charge in [-0.3, -0.25) is 0 Å². The van der Waals surface area contributed by atoms with Crippen LogP contribution < -0.4 is 4.74 Å². The maximum Gasteiger partial charge on any atom is 0.130 e. The summed E-state index contributed by atoms with van der Waals surface area (Å²) in [5, 5.41) is 0. The second kappa shape index (κ2) is 4.45. The molecule has 0 saturated heterocycles. The molecule has 0 unspecified atom stereocenters. The van der Waals surface area contributed by atoms with Crippen molar-refractivity contribution in [2.45, 2.75) is 39.7 Å². The first kappa shape index (κ1) is 11.0. The molecule has 0 amide bonds. The molecule has 1 rings (SSSR count). The molecule has 1 aromatic rings. The Morgan fingerprint density at radius 1 is 1.14 bits per heavy atom. The van der Waals surface area contributed by atoms with Gasteiger partial charge in [-0.25, -0.2) is 4.39 Å². The Morgan fingerprint density at radius 3 is 2.29 bits per heavy atom. The average Bonchev–Trinajstić information content (AvgIpc) is 2.01. The summed E-state index contributed by atoms with van der Waals surface area (Å²) >= 11 is 0. The molecule has 0 bridgehead atoms. The van der Waals surface area contributed by atoms with Crippen LogP contribution in [0.4, 0.5) is 4.39 Å². The molecule has 0 aliphatic carbocycles. The monoisotopic (exact) mass is 196 g/mol. The number of rotatable bonds is 3. The number of benzene rings is 1. The third kappa shape index (κ3) is 2.47. The lowest BCUT2D eigenvalue weighted by atomic mass is 10.0. The quantitative estimate of drug-likeness (QED) is 0.715. The molecule has 0 spiro atoms. The average molecular weight is 196 g/mol. The van der Waals surface area contributed by atoms with Gasteiger partial charge in [-0.15, -0.1) is 0 Å². The van der Waals surface area contributed by atoms with Gasteiger partial charge in [0.2, 0.25) is 0 Å². The Hall–Kier alpha value is -1.05. The summed E-state index contributed by atoms with van der Waals surface area (Å²) in [6, 6.07) is 4.97. The highest BCUT2D eigenvalue weighted by Crippen LogP contribution is 2.29. The van der Waals surface area contributed by atoms with E-state index in [1.165, 1.54) is 6.07 Å². The van der Waals surface area contributed by atoms with Crippen LogP contribution in [0.2, 0.25) is 0 Å². The molecular formula is C12H17FO. The van der Waals surface area contributed by atoms with Crippen LogP contribution in [0.1, 0.15) is 39.2 Å². The largest absolute Gasteiger partial charge is 0.491 e. The highest BCUT2D eigenvalue weighted by Gasteiger charge is 2.13. The van der Waals surface area contributed by atoms with Crippen molar-refractivity contribution in [1.82, 2.24) is 0 Å². The second-order valence-corrected chi connectivity index (χ2v) is 3.97. The molecule has 0 aliphatic heterocycles. The van der Waals surface area contributed by atoms with Crippen molar-refractivity contribution in [2.75, 3.05) is 0 Å². The maximum absolute atomic E-state index is 13.5. The van der Waals surface area contributed by atoms with Crippen molar-refractivity contribution < 1.29 is 9.13 Å². The van der Waals surface area contributed by atoms with Crippen LogP contribution in [0.5, 0.6) is 5.75 Å². The van der Waals surface area contributed by atoms with Gasteiger partial charge in [-0.05, 0) is 31.9 Å². The van der Waals surface area contributed by atoms with E-state index in [0.717, 1.165) is 0 Å². The van der Waals surface area contributed by atoms with Gasteiger partial charge in [0.1, 0.15) is 11.6 Å². The van der Waals surface area contributed by atoms with Crippen molar-refractivity contribution in [3.8, 4) is 5.75 Å². The van der Waals surface area contributed by atoms with Crippen LogP contribution in [0.25, 0.3) is 0 Å². The van der Waals surface area contributed by atoms with E-state index in [0.29, 0.717) is 11.3 Å². The Bertz CT molecular complexity index is 305. The number of ether oxygens (including phenoxy) is 1. The van der Waals surface area contributed by atoms with Gasteiger partial charge >= 0.3 is 0 Å². The van der Waals surface area contributed by atoms with Crippen molar-refractivity contribution in [1.29, 1.82) is 0 Å². The first-order chi connectivity index (χ1) is 6.52. The summed E-state index contributed by atoms with van der Waals surface area (Å²) in [5.41, 5.74) is 0.668. The van der Waals surface area contributed by atoms with E-state index in [1.807, 2.05) is 33.8 Å². The fourth-order valence-corrected chi connectivity index (χ4v) is 1.43. The predicted octanol–water partition coefficient (Wildman–Crippen LogP) is 3.74. The standard InChI is InChI=1S/C12H17FO/c1-8(2)12-10(13)6-5-7-11(12)14-9(3)4/h5-9H,1-4H3. The molecule has 0 heterocycles. The molecule has 1 nitrogen and oxygen atoms in total. The first-order valence-corrected chi connectivity index (χ1v) is 4.97. The molecule has 0 saturated carbocycles. The van der Waals surface area contributed by atoms with E-state index < -0.39 is 0 Å². The smallest absolute Gasteiger partial charge is 0.130 e. The molecule has 0 aliphatic rings. The Kier molecular flexibility index (Phi) is 3.50. The van der Waals surface area contributed by atoms with Crippen molar-refractivity contribution in [3.05, 3.63) is 29.6 Å². The van der Waals surface area contributed by atoms with E-state index in [9.17, 15) is 4.39 Å². The van der Waals surface area contributed by atoms with Crippen LogP contribution in [0, 0.1) is 5.82 Å². The van der Waals surface area contributed by atoms with Gasteiger partial charge in [-0.1, -0.05) is 19.9 Å². The van der Waals surface area contributed by atoms with E-state index in [1.54, 1.807) is 6.07 Å². The molecule has 0 N–H and O–H groups in total. The predicted molar refractivity (Wildman–Crippen MR) is 56.3 cm³/mol. The molecule has 14 heavy (non-hydrogen) atoms. The van der Waals surface area contributed by atoms with Gasteiger partial charge in [-0.2, -0.15) is 0 Å². The Morgan fingerprint density at radius 2 is 1.79 bits per heavy atom. The third-order valence-corrected chi connectivity index (χ3v) is 1.95. The lowest BCUT2D eigenvalue weighted by molar-refractivity contribution is 0.237. The lowest BCUT2D eigenvalue weighted by Gasteiger charge is -2.16. The van der Waals surface area contributed by atoms with Gasteiger partial charge in [0.15, 0.2) is 0 Å². The number of halogens is 1. The highest BCUT2D eigenvalue weighted by atomic mass is 19.1. The van der Waals surface area contributed by atoms with Gasteiger partial charge in [0.05, 0.1) is 6.10 Å². The van der Waals surface area contributed by atoms with E-state index in [-0.39, 0.29) is 17.8 Å². The van der Waals surface area contributed by atoms with Gasteiger partial charge in [0, 0.05) is 5.56 Å². The number of hydrogen-bond donors (Lipinski definition) is 0. The fraction of sp³-hybridized carbons (Fsp3) is 0.500. The summed E-state index contributed by atoms with van der Waals surface area (Å²) in [7, 11) is 0. The van der Waals surface area contributed by atoms with Crippen molar-refractivity contribution in [3.63, 3.8) is 0 Å². The topological polar surface area (TPSA) is 9.23 Å². The summed E-state index contributed by atoms with van der Waals surface area (Å²) < 4.78 is 19.0. The van der Waals surface area contributed by atoms with Crippen LogP contribution >= 0.6 is 0 Å². The minimum absolute atomic E-state index is 0.0781. The second-order valence-electron chi connectivity index (χ2n) is 3.97. The van der Waals surface area contributed by atoms with Gasteiger partial charge < -0.3 is 4.74 Å². The van der Waals surface area contributed by atoms with Crippen LogP contribution in [0.3, 0.4) is 0 Å². The summed E-state index contributed by atoms with van der Waals surface area (Å²) in [6.45, 7) is 7.81. The molecule has 1 aromatic carbocycles. The summed E-state index contributed by atoms with van der Waals surface area (Å²) in [5.74, 6) is 0.623. The van der Waals surface area contributed by atoms with Crippen molar-refractivity contribution in [2.24, 2.45) is 0 Å². The zero-order valence-electron chi connectivity index (χ0n) is 9.17. The SMILES string of the molecule is CC(C)Oc1cccc(F)c1C(C)C. The summed E-state index contributed by atoms with van der Waals surface area (Å²) in [4.78, 5) is 0. The van der Waals surface area contributed by atoms with Crippen LogP contribution in [0.15, 0.2) is 18.2 Å². The molecule has 0 fully saturated rings. The zero-order valence-corrected chi connectivity index (χ0v) is 9.17. The minimum atomic E-state index is -0.182. The van der Waals surface area contributed by atoms with E-state index in [4.69, 9.17) is 4.74 Å². The molecule has 78 valence electrons. The summed E-state index contributed by atoms with van der Waals surface area (Å²) in [6.07, 6.45) is 0.0781. The van der Waals surface area contributed by atoms with Crippen molar-refractivity contribution >= 4 is 0 Å². The van der Waals surface area contributed by atoms with E-state index >= 15 is 0 Å². The number of hydrogen-bond acceptors (Lipinski definition) is 1. The molecule has 0 atom stereocenters. The highest BCUT2D eigenvalue weighted by molar-refractivity contribution is 5.37. The molecule has 0 aromatic heterocycles. The van der Waals surface area contributed by atoms with Crippen LogP contribution in [-0.4, -0.2) is 6.10 Å². The molecule has 2 heteroatoms. The normalized spacial score (nSPS) is 11.1. The van der Waals surface area contributed by atoms with Gasteiger partial charge in [0.25, 0.3) is 0 Å². The minimum Gasteiger partial charge on any atom is -0.491 e. The van der Waals surface area contributed by atoms with Crippen LogP contribution in [-0.2, 0) is 0 Å². The van der Waals surface area contributed by atoms with E-state index in [2.05, 4.69) is 0 Å². The Balaban J connectivity index is 3.08.